The van der Waals surface area contributed by atoms with Gasteiger partial charge in [0, 0.05) is 25.8 Å². The highest BCUT2D eigenvalue weighted by atomic mass is 16.2. The lowest BCUT2D eigenvalue weighted by atomic mass is 10.2. The first kappa shape index (κ1) is 13.4. The van der Waals surface area contributed by atoms with E-state index < -0.39 is 0 Å². The summed E-state index contributed by atoms with van der Waals surface area (Å²) in [4.78, 5) is 20.1. The number of hydrogen-bond donors (Lipinski definition) is 0. The molecule has 0 radical (unpaired) electrons. The summed E-state index contributed by atoms with van der Waals surface area (Å²) in [5, 5.41) is 0. The Morgan fingerprint density at radius 3 is 2.62 bits per heavy atom. The monoisotopic (exact) mass is 279 g/mol. The molecule has 4 heteroatoms. The maximum atomic E-state index is 12.3. The molecule has 0 atom stereocenters. The molecule has 1 aliphatic heterocycles. The third-order valence-corrected chi connectivity index (χ3v) is 3.46. The molecule has 21 heavy (non-hydrogen) atoms. The highest BCUT2D eigenvalue weighted by molar-refractivity contribution is 5.93. The summed E-state index contributed by atoms with van der Waals surface area (Å²) in [6.45, 7) is 2.04. The minimum absolute atomic E-state index is 0.0198. The van der Waals surface area contributed by atoms with Crippen LogP contribution in [0.2, 0.25) is 0 Å². The normalized spacial score (nSPS) is 15.1. The predicted octanol–water partition coefficient (Wildman–Crippen LogP) is 3.04. The first-order valence-electron chi connectivity index (χ1n) is 7.04. The van der Waals surface area contributed by atoms with Gasteiger partial charge in [-0.15, -0.1) is 0 Å². The summed E-state index contributed by atoms with van der Waals surface area (Å²) in [5.74, 6) is 0.719. The van der Waals surface area contributed by atoms with Crippen molar-refractivity contribution in [2.75, 3.05) is 24.5 Å². The van der Waals surface area contributed by atoms with Crippen molar-refractivity contribution in [3.05, 3.63) is 66.4 Å². The van der Waals surface area contributed by atoms with Crippen molar-refractivity contribution in [3.63, 3.8) is 0 Å². The number of carbonyl (C=O) groups excluding carboxylic acids is 1. The van der Waals surface area contributed by atoms with Crippen LogP contribution in [0.5, 0.6) is 0 Å². The summed E-state index contributed by atoms with van der Waals surface area (Å²) in [5.41, 5.74) is 1.14. The van der Waals surface area contributed by atoms with E-state index in [1.807, 2.05) is 65.6 Å². The second-order valence-corrected chi connectivity index (χ2v) is 4.88. The molecule has 2 amide bonds. The number of benzene rings is 1. The minimum atomic E-state index is 0.0198. The first-order chi connectivity index (χ1) is 10.3. The number of amides is 2. The fourth-order valence-electron chi connectivity index (χ4n) is 2.36. The lowest BCUT2D eigenvalue weighted by Gasteiger charge is -2.16. The zero-order valence-electron chi connectivity index (χ0n) is 11.7. The molecule has 1 saturated heterocycles. The van der Waals surface area contributed by atoms with Crippen LogP contribution in [-0.4, -0.2) is 35.5 Å². The van der Waals surface area contributed by atoms with Gasteiger partial charge in [0.05, 0.1) is 0 Å². The van der Waals surface area contributed by atoms with E-state index in [-0.39, 0.29) is 6.03 Å². The summed E-state index contributed by atoms with van der Waals surface area (Å²) >= 11 is 0. The smallest absolute Gasteiger partial charge is 0.319 e. The molecule has 4 nitrogen and oxygen atoms in total. The van der Waals surface area contributed by atoms with Crippen LogP contribution in [-0.2, 0) is 0 Å². The molecular weight excluding hydrogens is 262 g/mol. The Labute approximate surface area is 124 Å². The predicted molar refractivity (Wildman–Crippen MR) is 84.0 cm³/mol. The largest absolute Gasteiger partial charge is 0.326 e. The van der Waals surface area contributed by atoms with Crippen molar-refractivity contribution < 1.29 is 4.79 Å². The second-order valence-electron chi connectivity index (χ2n) is 4.88. The summed E-state index contributed by atoms with van der Waals surface area (Å²) in [7, 11) is 0. The zero-order chi connectivity index (χ0) is 14.5. The van der Waals surface area contributed by atoms with Crippen LogP contribution < -0.4 is 4.90 Å². The van der Waals surface area contributed by atoms with Gasteiger partial charge in [-0.1, -0.05) is 48.6 Å². The number of nitrogens with zero attached hydrogens (tertiary/aromatic N) is 3. The molecule has 0 unspecified atom stereocenters. The summed E-state index contributed by atoms with van der Waals surface area (Å²) in [6.07, 6.45) is 5.77. The fraction of sp³-hybridized carbons (Fsp3) is 0.176. The van der Waals surface area contributed by atoms with Gasteiger partial charge in [-0.2, -0.15) is 0 Å². The Bertz CT molecular complexity index is 625. The molecule has 0 bridgehead atoms. The molecule has 1 aromatic heterocycles. The number of anilines is 1. The van der Waals surface area contributed by atoms with Crippen LogP contribution in [0.3, 0.4) is 0 Å². The van der Waals surface area contributed by atoms with Crippen LogP contribution in [0.1, 0.15) is 5.56 Å². The SMILES string of the molecule is O=C1N(C/C=C/c2ccccc2)CCN1c1ccccn1. The Morgan fingerprint density at radius 1 is 1.05 bits per heavy atom. The van der Waals surface area contributed by atoms with E-state index in [0.717, 1.165) is 17.9 Å². The van der Waals surface area contributed by atoms with E-state index in [1.54, 1.807) is 11.1 Å². The van der Waals surface area contributed by atoms with Gasteiger partial charge in [-0.3, -0.25) is 4.90 Å². The van der Waals surface area contributed by atoms with E-state index >= 15 is 0 Å². The standard InChI is InChI=1S/C17H17N3O/c21-17-19(12-6-9-15-7-2-1-3-8-15)13-14-20(17)16-10-4-5-11-18-16/h1-11H,12-14H2/b9-6+. The molecule has 106 valence electrons. The van der Waals surface area contributed by atoms with Gasteiger partial charge in [-0.25, -0.2) is 9.78 Å². The number of rotatable bonds is 4. The number of urea groups is 1. The topological polar surface area (TPSA) is 36.4 Å². The van der Waals surface area contributed by atoms with E-state index in [0.29, 0.717) is 13.1 Å². The lowest BCUT2D eigenvalue weighted by molar-refractivity contribution is 0.225. The number of aromatic nitrogens is 1. The fourth-order valence-corrected chi connectivity index (χ4v) is 2.36. The number of pyridine rings is 1. The van der Waals surface area contributed by atoms with Crippen molar-refractivity contribution in [2.45, 2.75) is 0 Å². The molecule has 0 N–H and O–H groups in total. The first-order valence-corrected chi connectivity index (χ1v) is 7.04. The molecule has 1 fully saturated rings. The van der Waals surface area contributed by atoms with Crippen LogP contribution in [0.4, 0.5) is 10.6 Å². The molecular formula is C17H17N3O. The van der Waals surface area contributed by atoms with Crippen molar-refractivity contribution in [2.24, 2.45) is 0 Å². The third-order valence-electron chi connectivity index (χ3n) is 3.46. The molecule has 1 aromatic carbocycles. The van der Waals surface area contributed by atoms with Crippen LogP contribution in [0, 0.1) is 0 Å². The molecule has 3 rings (SSSR count). The van der Waals surface area contributed by atoms with E-state index in [9.17, 15) is 4.79 Å². The van der Waals surface area contributed by atoms with Gasteiger partial charge in [0.15, 0.2) is 0 Å². The Balaban J connectivity index is 1.61. The molecule has 1 aliphatic rings. The van der Waals surface area contributed by atoms with E-state index in [1.165, 1.54) is 0 Å². The minimum Gasteiger partial charge on any atom is -0.319 e. The van der Waals surface area contributed by atoms with Crippen LogP contribution in [0.25, 0.3) is 6.08 Å². The third kappa shape index (κ3) is 3.11. The highest BCUT2D eigenvalue weighted by Crippen LogP contribution is 2.17. The summed E-state index contributed by atoms with van der Waals surface area (Å²) in [6, 6.07) is 15.7. The van der Waals surface area contributed by atoms with Crippen molar-refractivity contribution in [1.29, 1.82) is 0 Å². The van der Waals surface area contributed by atoms with Gasteiger partial charge in [0.1, 0.15) is 5.82 Å². The van der Waals surface area contributed by atoms with Gasteiger partial charge < -0.3 is 4.90 Å². The van der Waals surface area contributed by atoms with Crippen LogP contribution >= 0.6 is 0 Å². The maximum absolute atomic E-state index is 12.3. The number of carbonyl (C=O) groups is 1. The quantitative estimate of drug-likeness (QED) is 0.862. The maximum Gasteiger partial charge on any atom is 0.326 e. The van der Waals surface area contributed by atoms with Gasteiger partial charge in [0.25, 0.3) is 0 Å². The second kappa shape index (κ2) is 6.22. The zero-order valence-corrected chi connectivity index (χ0v) is 11.7. The van der Waals surface area contributed by atoms with Gasteiger partial charge in [0.2, 0.25) is 0 Å². The Kier molecular flexibility index (Phi) is 3.96. The van der Waals surface area contributed by atoms with Crippen molar-refractivity contribution in [1.82, 2.24) is 9.88 Å². The molecule has 2 aromatic rings. The average molecular weight is 279 g/mol. The van der Waals surface area contributed by atoms with Gasteiger partial charge >= 0.3 is 6.03 Å². The Morgan fingerprint density at radius 2 is 1.86 bits per heavy atom. The molecule has 0 spiro atoms. The molecule has 0 saturated carbocycles. The lowest BCUT2D eigenvalue weighted by Crippen LogP contribution is -2.32. The van der Waals surface area contributed by atoms with E-state index in [2.05, 4.69) is 4.98 Å². The Hall–Kier alpha value is -2.62. The van der Waals surface area contributed by atoms with Gasteiger partial charge in [-0.05, 0) is 17.7 Å². The molecule has 0 aliphatic carbocycles. The molecule has 2 heterocycles. The van der Waals surface area contributed by atoms with Crippen molar-refractivity contribution in [3.8, 4) is 0 Å². The van der Waals surface area contributed by atoms with Crippen LogP contribution in [0.15, 0.2) is 60.8 Å². The van der Waals surface area contributed by atoms with Crippen molar-refractivity contribution >= 4 is 17.9 Å². The number of hydrogen-bond acceptors (Lipinski definition) is 2. The summed E-state index contributed by atoms with van der Waals surface area (Å²) < 4.78 is 0. The van der Waals surface area contributed by atoms with E-state index in [4.69, 9.17) is 0 Å². The average Bonchev–Trinajstić information content (AvgIpc) is 2.90. The highest BCUT2D eigenvalue weighted by Gasteiger charge is 2.29.